The molecule has 12 heteroatoms. The van der Waals surface area contributed by atoms with Gasteiger partial charge < -0.3 is 10.6 Å². The highest BCUT2D eigenvalue weighted by Gasteiger charge is 2.17. The lowest BCUT2D eigenvalue weighted by Gasteiger charge is -2.08. The normalized spacial score (nSPS) is 11.0. The molecule has 0 atom stereocenters. The highest BCUT2D eigenvalue weighted by molar-refractivity contribution is 7.90. The van der Waals surface area contributed by atoms with Crippen molar-refractivity contribution in [1.82, 2.24) is 20.1 Å². The van der Waals surface area contributed by atoms with Crippen LogP contribution in [0.3, 0.4) is 0 Å². The zero-order chi connectivity index (χ0) is 27.2. The van der Waals surface area contributed by atoms with Gasteiger partial charge in [0.2, 0.25) is 0 Å². The maximum Gasteiger partial charge on any atom is 0.328 e. The zero-order valence-electron chi connectivity index (χ0n) is 21.1. The van der Waals surface area contributed by atoms with Gasteiger partial charge in [0.05, 0.1) is 9.79 Å². The van der Waals surface area contributed by atoms with Gasteiger partial charge in [0.25, 0.3) is 20.0 Å². The molecule has 0 fully saturated rings. The molecule has 0 bridgehead atoms. The number of benzene rings is 2. The molecule has 0 aliphatic heterocycles. The molecule has 200 valence electrons. The van der Waals surface area contributed by atoms with Gasteiger partial charge in [-0.05, 0) is 51.0 Å². The first-order valence-electron chi connectivity index (χ1n) is 11.7. The second-order valence-corrected chi connectivity index (χ2v) is 11.4. The first kappa shape index (κ1) is 30.9. The monoisotopic (exact) mass is 540 g/mol. The quantitative estimate of drug-likeness (QED) is 0.338. The van der Waals surface area contributed by atoms with Gasteiger partial charge in [0, 0.05) is 13.1 Å². The topological polar surface area (TPSA) is 151 Å². The fourth-order valence-electron chi connectivity index (χ4n) is 2.63. The lowest BCUT2D eigenvalue weighted by atomic mass is 10.2. The fraction of sp³-hybridized carbons (Fsp3) is 0.417. The van der Waals surface area contributed by atoms with E-state index in [0.717, 1.165) is 36.8 Å². The Bertz CT molecular complexity index is 1080. The molecule has 0 heterocycles. The molecular weight excluding hydrogens is 504 g/mol. The maximum absolute atomic E-state index is 11.8. The Balaban J connectivity index is 0.000000360. The number of hydrogen-bond acceptors (Lipinski definition) is 6. The van der Waals surface area contributed by atoms with Crippen LogP contribution in [0.2, 0.25) is 0 Å². The summed E-state index contributed by atoms with van der Waals surface area (Å²) in [5.41, 5.74) is 1.92. The number of sulfonamides is 2. The van der Waals surface area contributed by atoms with E-state index in [2.05, 4.69) is 10.6 Å². The summed E-state index contributed by atoms with van der Waals surface area (Å²) in [5.74, 6) is 0. The van der Waals surface area contributed by atoms with Gasteiger partial charge in [-0.15, -0.1) is 0 Å². The molecular formula is C24H36N4O6S2. The third kappa shape index (κ3) is 11.5. The van der Waals surface area contributed by atoms with Crippen LogP contribution in [0.1, 0.15) is 50.7 Å². The van der Waals surface area contributed by atoms with Gasteiger partial charge in [0.1, 0.15) is 0 Å². The Hall–Kier alpha value is -3.12. The number of rotatable bonds is 10. The summed E-state index contributed by atoms with van der Waals surface area (Å²) >= 11 is 0. The van der Waals surface area contributed by atoms with E-state index in [4.69, 9.17) is 0 Å². The molecule has 0 saturated heterocycles. The summed E-state index contributed by atoms with van der Waals surface area (Å²) in [7, 11) is -7.55. The summed E-state index contributed by atoms with van der Waals surface area (Å²) in [5, 5.41) is 4.98. The lowest BCUT2D eigenvalue weighted by Crippen LogP contribution is -2.39. The summed E-state index contributed by atoms with van der Waals surface area (Å²) in [6, 6.07) is 11.2. The summed E-state index contributed by atoms with van der Waals surface area (Å²) in [6.07, 6.45) is 3.51. The van der Waals surface area contributed by atoms with E-state index in [0.29, 0.717) is 13.1 Å². The molecule has 2 aromatic rings. The van der Waals surface area contributed by atoms with Crippen molar-refractivity contribution in [1.29, 1.82) is 0 Å². The van der Waals surface area contributed by atoms with Gasteiger partial charge in [-0.1, -0.05) is 62.1 Å². The van der Waals surface area contributed by atoms with Crippen molar-refractivity contribution in [2.24, 2.45) is 0 Å². The average molecular weight is 541 g/mol. The van der Waals surface area contributed by atoms with E-state index in [1.807, 2.05) is 37.1 Å². The standard InChI is InChI=1S/2C12H18N2O3S/c2*1-3-4-9-13-12(15)14-18(16,17)11-7-5-10(2)6-8-11/h2*5-8H,3-4,9H2,1-2H3,(H2,13,14,15). The smallest absolute Gasteiger partial charge is 0.328 e. The summed E-state index contributed by atoms with van der Waals surface area (Å²) in [6.45, 7) is 8.63. The van der Waals surface area contributed by atoms with Crippen molar-refractivity contribution < 1.29 is 26.4 Å². The second kappa shape index (κ2) is 15.1. The predicted octanol–water partition coefficient (Wildman–Crippen LogP) is 3.57. The Morgan fingerprint density at radius 1 is 0.611 bits per heavy atom. The van der Waals surface area contributed by atoms with Crippen molar-refractivity contribution in [2.45, 2.75) is 63.2 Å². The molecule has 0 spiro atoms. The second-order valence-electron chi connectivity index (χ2n) is 8.06. The molecule has 4 N–H and O–H groups in total. The number of carbonyl (C=O) groups excluding carboxylic acids is 2. The van der Waals surface area contributed by atoms with E-state index in [1.54, 1.807) is 24.3 Å². The highest BCUT2D eigenvalue weighted by atomic mass is 32.2. The Labute approximate surface area is 214 Å². The van der Waals surface area contributed by atoms with Gasteiger partial charge in [-0.2, -0.15) is 0 Å². The van der Waals surface area contributed by atoms with E-state index in [9.17, 15) is 26.4 Å². The van der Waals surface area contributed by atoms with Gasteiger partial charge in [0.15, 0.2) is 0 Å². The number of hydrogen-bond donors (Lipinski definition) is 4. The Kier molecular flexibility index (Phi) is 13.0. The molecule has 0 aliphatic rings. The number of urea groups is 2. The van der Waals surface area contributed by atoms with Crippen molar-refractivity contribution in [3.63, 3.8) is 0 Å². The third-order valence-electron chi connectivity index (χ3n) is 4.75. The van der Waals surface area contributed by atoms with Crippen LogP contribution in [-0.2, 0) is 20.0 Å². The Morgan fingerprint density at radius 3 is 1.19 bits per heavy atom. The molecule has 0 aliphatic carbocycles. The van der Waals surface area contributed by atoms with Gasteiger partial charge in [-0.3, -0.25) is 0 Å². The summed E-state index contributed by atoms with van der Waals surface area (Å²) in [4.78, 5) is 22.9. The maximum atomic E-state index is 11.8. The molecule has 2 rings (SSSR count). The highest BCUT2D eigenvalue weighted by Crippen LogP contribution is 2.10. The third-order valence-corrected chi connectivity index (χ3v) is 7.44. The van der Waals surface area contributed by atoms with Gasteiger partial charge in [-0.25, -0.2) is 35.9 Å². The van der Waals surface area contributed by atoms with Crippen molar-refractivity contribution in [2.75, 3.05) is 13.1 Å². The number of aryl methyl sites for hydroxylation is 2. The fourth-order valence-corrected chi connectivity index (χ4v) is 4.48. The van der Waals surface area contributed by atoms with Crippen LogP contribution in [0.25, 0.3) is 0 Å². The van der Waals surface area contributed by atoms with E-state index in [1.165, 1.54) is 24.3 Å². The molecule has 0 saturated carbocycles. The number of carbonyl (C=O) groups is 2. The zero-order valence-corrected chi connectivity index (χ0v) is 22.8. The lowest BCUT2D eigenvalue weighted by molar-refractivity contribution is 0.244. The van der Waals surface area contributed by atoms with Crippen LogP contribution < -0.4 is 20.1 Å². The van der Waals surface area contributed by atoms with E-state index >= 15 is 0 Å². The minimum atomic E-state index is -3.78. The molecule has 2 aromatic carbocycles. The van der Waals surface area contributed by atoms with Crippen LogP contribution in [0.4, 0.5) is 9.59 Å². The number of unbranched alkanes of at least 4 members (excludes halogenated alkanes) is 2. The molecule has 36 heavy (non-hydrogen) atoms. The predicted molar refractivity (Wildman–Crippen MR) is 140 cm³/mol. The Morgan fingerprint density at radius 2 is 0.917 bits per heavy atom. The van der Waals surface area contributed by atoms with E-state index < -0.39 is 32.1 Å². The minimum Gasteiger partial charge on any atom is -0.337 e. The van der Waals surface area contributed by atoms with Crippen LogP contribution >= 0.6 is 0 Å². The van der Waals surface area contributed by atoms with Crippen LogP contribution in [0.15, 0.2) is 58.3 Å². The SMILES string of the molecule is CCCCNC(=O)NS(=O)(=O)c1ccc(C)cc1.CCCCNC(=O)NS(=O)(=O)c1ccc(C)cc1. The number of nitrogens with one attached hydrogen (secondary N) is 4. The van der Waals surface area contributed by atoms with Crippen LogP contribution in [0, 0.1) is 13.8 Å². The average Bonchev–Trinajstić information content (AvgIpc) is 2.80. The largest absolute Gasteiger partial charge is 0.337 e. The molecule has 0 unspecified atom stereocenters. The van der Waals surface area contributed by atoms with Crippen molar-refractivity contribution in [3.05, 3.63) is 59.7 Å². The minimum absolute atomic E-state index is 0.0822. The molecule has 0 radical (unpaired) electrons. The van der Waals surface area contributed by atoms with Crippen LogP contribution in [0.5, 0.6) is 0 Å². The van der Waals surface area contributed by atoms with Crippen molar-refractivity contribution in [3.8, 4) is 0 Å². The number of amides is 4. The van der Waals surface area contributed by atoms with E-state index in [-0.39, 0.29) is 9.79 Å². The molecule has 10 nitrogen and oxygen atoms in total. The molecule has 0 aromatic heterocycles. The van der Waals surface area contributed by atoms with Crippen molar-refractivity contribution >= 4 is 32.1 Å². The van der Waals surface area contributed by atoms with Crippen LogP contribution in [-0.4, -0.2) is 42.0 Å². The first-order valence-corrected chi connectivity index (χ1v) is 14.6. The summed E-state index contributed by atoms with van der Waals surface area (Å²) < 4.78 is 51.2. The molecule has 4 amide bonds. The first-order chi connectivity index (χ1) is 16.9. The van der Waals surface area contributed by atoms with Gasteiger partial charge >= 0.3 is 12.1 Å².